The van der Waals surface area contributed by atoms with Gasteiger partial charge in [0.25, 0.3) is 0 Å². The third-order valence-electron chi connectivity index (χ3n) is 10.5. The number of carbonyl (C=O) groups is 1. The molecule has 2 aromatic carbocycles. The Morgan fingerprint density at radius 3 is 2.88 bits per heavy atom. The number of anilines is 1. The number of phenols is 1. The Morgan fingerprint density at radius 1 is 1.21 bits per heavy atom. The molecule has 1 N–H and O–H groups in total. The van der Waals surface area contributed by atoms with Crippen LogP contribution in [0.1, 0.15) is 47.3 Å². The lowest BCUT2D eigenvalue weighted by Crippen LogP contribution is -2.46. The van der Waals surface area contributed by atoms with E-state index in [1.54, 1.807) is 9.80 Å². The number of aromatic hydroxyl groups is 1. The van der Waals surface area contributed by atoms with Crippen LogP contribution in [0.25, 0.3) is 32.9 Å². The van der Waals surface area contributed by atoms with Gasteiger partial charge in [0.2, 0.25) is 5.91 Å². The number of terminal acetylenes is 1. The van der Waals surface area contributed by atoms with Crippen LogP contribution in [0.3, 0.4) is 0 Å². The van der Waals surface area contributed by atoms with E-state index in [2.05, 4.69) is 15.9 Å². The number of ether oxygens (including phenoxy) is 1. The fourth-order valence-corrected chi connectivity index (χ4v) is 8.33. The summed E-state index contributed by atoms with van der Waals surface area (Å²) in [7, 11) is 0. The number of phenolic OH excluding ortho intramolecular Hbond substituents is 1. The molecule has 1 amide bonds. The van der Waals surface area contributed by atoms with Crippen molar-refractivity contribution in [1.82, 2.24) is 24.8 Å². The molecule has 4 aromatic rings. The Morgan fingerprint density at radius 2 is 2.06 bits per heavy atom. The summed E-state index contributed by atoms with van der Waals surface area (Å²) in [5, 5.41) is 11.4. The summed E-state index contributed by atoms with van der Waals surface area (Å²) in [6.45, 7) is 1.24. The van der Waals surface area contributed by atoms with Gasteiger partial charge in [0, 0.05) is 56.7 Å². The van der Waals surface area contributed by atoms with Gasteiger partial charge in [-0.25, -0.2) is 13.2 Å². The summed E-state index contributed by atoms with van der Waals surface area (Å²) in [5.41, 5.74) is -1.84. The summed E-state index contributed by atoms with van der Waals surface area (Å²) in [4.78, 5) is 31.5. The molecule has 2 aromatic heterocycles. The lowest BCUT2D eigenvalue weighted by molar-refractivity contribution is -0.127. The molecule has 48 heavy (non-hydrogen) atoms. The van der Waals surface area contributed by atoms with Gasteiger partial charge in [0.1, 0.15) is 41.3 Å². The van der Waals surface area contributed by atoms with E-state index in [1.807, 2.05) is 4.90 Å². The van der Waals surface area contributed by atoms with Crippen molar-refractivity contribution in [2.24, 2.45) is 5.92 Å². The maximum absolute atomic E-state index is 17.1. The number of hydrogen-bond donors (Lipinski definition) is 1. The maximum atomic E-state index is 17.1. The molecule has 0 radical (unpaired) electrons. The van der Waals surface area contributed by atoms with Gasteiger partial charge >= 0.3 is 6.01 Å². The number of pyridine rings is 1. The van der Waals surface area contributed by atoms with Gasteiger partial charge in [-0.05, 0) is 61.7 Å². The SMILES string of the molecule is [2H]C([2H])(Oc1nc(N2CCC[C@H]3CN(C(C)=O)C[C@@H]32)c2cnc(-c3cc(O)cc4ccc(F)c(C#C)c34)c(F)c2n1)[C@@]12CCCN1C[C@H](F)C2. The van der Waals surface area contributed by atoms with Gasteiger partial charge in [0.15, 0.2) is 5.82 Å². The number of benzene rings is 2. The number of alkyl halides is 1. The minimum absolute atomic E-state index is 0.0381. The van der Waals surface area contributed by atoms with Crippen molar-refractivity contribution in [3.05, 3.63) is 47.7 Å². The third kappa shape index (κ3) is 4.89. The number of piperidine rings is 1. The minimum Gasteiger partial charge on any atom is -0.508 e. The topological polar surface area (TPSA) is 94.9 Å². The van der Waals surface area contributed by atoms with E-state index >= 15 is 4.39 Å². The second-order valence-corrected chi connectivity index (χ2v) is 13.3. The maximum Gasteiger partial charge on any atom is 0.319 e. The number of fused-ring (bicyclic) bond motifs is 4. The molecule has 4 aliphatic rings. The van der Waals surface area contributed by atoms with Gasteiger partial charge in [-0.2, -0.15) is 9.97 Å². The fraction of sp³-hybridized carbons (Fsp3) is 0.444. The lowest BCUT2D eigenvalue weighted by atomic mass is 9.92. The average molecular weight is 659 g/mol. The first-order valence-electron chi connectivity index (χ1n) is 17.3. The van der Waals surface area contributed by atoms with Crippen molar-refractivity contribution in [3.8, 4) is 35.4 Å². The van der Waals surface area contributed by atoms with E-state index < -0.39 is 35.9 Å². The zero-order valence-corrected chi connectivity index (χ0v) is 26.3. The highest BCUT2D eigenvalue weighted by Crippen LogP contribution is 2.43. The van der Waals surface area contributed by atoms with Gasteiger partial charge in [-0.1, -0.05) is 12.0 Å². The molecule has 4 fully saturated rings. The van der Waals surface area contributed by atoms with Crippen LogP contribution in [0, 0.1) is 29.9 Å². The van der Waals surface area contributed by atoms with Gasteiger partial charge in [0.05, 0.1) is 25.3 Å². The molecule has 8 rings (SSSR count). The van der Waals surface area contributed by atoms with E-state index in [9.17, 15) is 18.7 Å². The highest BCUT2D eigenvalue weighted by Gasteiger charge is 2.49. The average Bonchev–Trinajstić information content (AvgIpc) is 3.78. The number of aromatic nitrogens is 3. The molecule has 4 aliphatic heterocycles. The van der Waals surface area contributed by atoms with E-state index in [0.29, 0.717) is 44.4 Å². The number of hydrogen-bond acceptors (Lipinski definition) is 8. The standard InChI is InChI=1S/C36H35F3N6O3/c1-3-25-28(38)8-7-21-12-24(47)13-26(30(21)25)32-31(39)33-27(15-40-32)34(45-11-4-6-22-16-43(20(2)46)18-29(22)45)42-35(41-33)48-19-36-9-5-10-44(36)17-23(37)14-36/h1,7-8,12-13,15,22-23,29,47H,4-6,9-11,14,16-19H2,2H3/t22-,23+,29-,36-/m0/s1/i19D2. The summed E-state index contributed by atoms with van der Waals surface area (Å²) in [6.07, 6.45) is 8.51. The number of carbonyl (C=O) groups excluding carboxylic acids is 1. The predicted octanol–water partition coefficient (Wildman–Crippen LogP) is 5.21. The van der Waals surface area contributed by atoms with Crippen molar-refractivity contribution in [2.45, 2.75) is 56.8 Å². The Labute approximate surface area is 278 Å². The van der Waals surface area contributed by atoms with Crippen LogP contribution in [-0.4, -0.2) is 92.8 Å². The monoisotopic (exact) mass is 658 g/mol. The summed E-state index contributed by atoms with van der Waals surface area (Å²) < 4.78 is 70.9. The van der Waals surface area contributed by atoms with Gasteiger partial charge in [-0.3, -0.25) is 14.7 Å². The summed E-state index contributed by atoms with van der Waals surface area (Å²) >= 11 is 0. The number of amides is 1. The smallest absolute Gasteiger partial charge is 0.319 e. The molecule has 0 saturated carbocycles. The van der Waals surface area contributed by atoms with Crippen molar-refractivity contribution in [2.75, 3.05) is 44.2 Å². The Bertz CT molecular complexity index is 2110. The normalized spacial score (nSPS) is 26.4. The molecule has 9 nitrogen and oxygen atoms in total. The number of rotatable bonds is 5. The molecular formula is C36H35F3N6O3. The first-order chi connectivity index (χ1) is 23.9. The van der Waals surface area contributed by atoms with Crippen LogP contribution < -0.4 is 9.64 Å². The number of nitrogens with zero attached hydrogens (tertiary/aromatic N) is 6. The molecule has 0 unspecified atom stereocenters. The molecule has 0 aliphatic carbocycles. The first kappa shape index (κ1) is 28.4. The van der Waals surface area contributed by atoms with Gasteiger partial charge < -0.3 is 19.6 Å². The Balaban J connectivity index is 1.32. The Kier molecular flexibility index (Phi) is 6.81. The molecule has 4 atom stereocenters. The minimum atomic E-state index is -2.44. The first-order valence-corrected chi connectivity index (χ1v) is 16.3. The van der Waals surface area contributed by atoms with Crippen molar-refractivity contribution in [1.29, 1.82) is 0 Å². The second-order valence-electron chi connectivity index (χ2n) is 13.3. The van der Waals surface area contributed by atoms with Crippen molar-refractivity contribution >= 4 is 33.4 Å². The highest BCUT2D eigenvalue weighted by molar-refractivity contribution is 6.03. The molecule has 0 spiro atoms. The van der Waals surface area contributed by atoms with Crippen LogP contribution in [0.5, 0.6) is 11.8 Å². The summed E-state index contributed by atoms with van der Waals surface area (Å²) in [6, 6.07) is 4.66. The quantitative estimate of drug-likeness (QED) is 0.292. The highest BCUT2D eigenvalue weighted by atomic mass is 19.1. The van der Waals surface area contributed by atoms with E-state index in [0.717, 1.165) is 12.8 Å². The molecule has 12 heteroatoms. The van der Waals surface area contributed by atoms with Crippen LogP contribution in [0.4, 0.5) is 19.0 Å². The second kappa shape index (κ2) is 11.5. The fourth-order valence-electron chi connectivity index (χ4n) is 8.33. The van der Waals surface area contributed by atoms with Crippen LogP contribution in [0.15, 0.2) is 30.5 Å². The number of halogens is 3. The molecular weight excluding hydrogens is 621 g/mol. The summed E-state index contributed by atoms with van der Waals surface area (Å²) in [5.74, 6) is 0.825. The van der Waals surface area contributed by atoms with Crippen LogP contribution in [0.2, 0.25) is 0 Å². The molecule has 6 heterocycles. The van der Waals surface area contributed by atoms with Gasteiger partial charge in [-0.15, -0.1) is 6.42 Å². The number of likely N-dealkylation sites (tertiary alicyclic amines) is 1. The zero-order chi connectivity index (χ0) is 35.1. The van der Waals surface area contributed by atoms with E-state index in [1.165, 1.54) is 37.4 Å². The van der Waals surface area contributed by atoms with E-state index in [-0.39, 0.29) is 75.5 Å². The van der Waals surface area contributed by atoms with Crippen LogP contribution >= 0.6 is 0 Å². The lowest BCUT2D eigenvalue weighted by Gasteiger charge is -2.38. The van der Waals surface area contributed by atoms with Crippen LogP contribution in [-0.2, 0) is 4.79 Å². The zero-order valence-electron chi connectivity index (χ0n) is 28.3. The van der Waals surface area contributed by atoms with Crippen molar-refractivity contribution < 1.29 is 30.6 Å². The van der Waals surface area contributed by atoms with Crippen molar-refractivity contribution in [3.63, 3.8) is 0 Å². The van der Waals surface area contributed by atoms with E-state index in [4.69, 9.17) is 18.9 Å². The molecule has 4 saturated heterocycles. The third-order valence-corrected chi connectivity index (χ3v) is 10.5. The predicted molar refractivity (Wildman–Crippen MR) is 174 cm³/mol. The Hall–Kier alpha value is -4.63. The largest absolute Gasteiger partial charge is 0.508 e. The molecule has 248 valence electrons. The molecule has 0 bridgehead atoms.